The minimum Gasteiger partial charge on any atom is -0.504 e. The molecule has 1 saturated carbocycles. The summed E-state index contributed by atoms with van der Waals surface area (Å²) in [4.78, 5) is 35.0. The second-order valence-electron chi connectivity index (χ2n) is 18.8. The number of alkyl carbamates (subject to hydrolysis) is 1. The Balaban J connectivity index is 0.905. The average Bonchev–Trinajstić information content (AvgIpc) is 3.73. The van der Waals surface area contributed by atoms with Gasteiger partial charge in [-0.3, -0.25) is 9.69 Å². The Kier molecular flexibility index (Phi) is 6.64. The lowest BCUT2D eigenvalue weighted by Crippen LogP contribution is -2.75. The molecular weight excluding hydrogens is 753 g/mol. The van der Waals surface area contributed by atoms with Gasteiger partial charge in [0.25, 0.3) is 0 Å². The van der Waals surface area contributed by atoms with Gasteiger partial charge in [0.05, 0.1) is 33.9 Å². The molecule has 3 fully saturated rings. The molecule has 2 amide bonds. The van der Waals surface area contributed by atoms with Crippen LogP contribution in [0.3, 0.4) is 0 Å². The van der Waals surface area contributed by atoms with Gasteiger partial charge in [0.2, 0.25) is 5.91 Å². The van der Waals surface area contributed by atoms with Gasteiger partial charge in [-0.25, -0.2) is 4.79 Å². The number of fused-ring (bicyclic) bond motifs is 5. The summed E-state index contributed by atoms with van der Waals surface area (Å²) in [6, 6.07) is 15.7. The number of H-pyrrole nitrogens is 1. The van der Waals surface area contributed by atoms with E-state index in [4.69, 9.17) is 14.2 Å². The van der Waals surface area contributed by atoms with E-state index in [9.17, 15) is 30.0 Å². The fourth-order valence-electron chi connectivity index (χ4n) is 13.7. The molecular formula is C46H46N4O9. The number of carbonyl (C=O) groups excluding carboxylic acids is 2. The van der Waals surface area contributed by atoms with Crippen LogP contribution in [0.5, 0.6) is 23.0 Å². The van der Waals surface area contributed by atoms with Crippen molar-refractivity contribution in [2.75, 3.05) is 26.2 Å². The van der Waals surface area contributed by atoms with Crippen LogP contribution in [0.25, 0.3) is 0 Å². The molecule has 2 spiro atoms. The monoisotopic (exact) mass is 798 g/mol. The highest BCUT2D eigenvalue weighted by Gasteiger charge is 2.76. The first-order chi connectivity index (χ1) is 28.6. The van der Waals surface area contributed by atoms with Crippen LogP contribution < -0.4 is 14.8 Å². The number of aromatic nitrogens is 1. The molecule has 13 heteroatoms. The van der Waals surface area contributed by atoms with Crippen LogP contribution in [0.15, 0.2) is 54.6 Å². The first kappa shape index (κ1) is 34.6. The lowest BCUT2D eigenvalue weighted by molar-refractivity contribution is -0.182. The number of hydrogen-bond acceptors (Lipinski definition) is 10. The third-order valence-electron chi connectivity index (χ3n) is 16.3. The minimum absolute atomic E-state index is 0.00395. The van der Waals surface area contributed by atoms with Gasteiger partial charge in [-0.2, -0.15) is 0 Å². The maximum atomic E-state index is 14.2. The molecule has 4 aliphatic heterocycles. The number of benzene rings is 3. The zero-order valence-corrected chi connectivity index (χ0v) is 32.5. The van der Waals surface area contributed by atoms with Gasteiger partial charge in [-0.15, -0.1) is 0 Å². The van der Waals surface area contributed by atoms with Gasteiger partial charge >= 0.3 is 6.09 Å². The van der Waals surface area contributed by atoms with Crippen LogP contribution in [0.2, 0.25) is 0 Å². The number of nitrogens with zero attached hydrogens (tertiary/aromatic N) is 2. The van der Waals surface area contributed by atoms with E-state index in [0.717, 1.165) is 63.4 Å². The summed E-state index contributed by atoms with van der Waals surface area (Å²) in [6.45, 7) is 1.85. The first-order valence-corrected chi connectivity index (χ1v) is 21.3. The van der Waals surface area contributed by atoms with Crippen molar-refractivity contribution >= 4 is 12.0 Å². The Morgan fingerprint density at radius 3 is 2.02 bits per heavy atom. The zero-order valence-electron chi connectivity index (χ0n) is 32.5. The van der Waals surface area contributed by atoms with E-state index in [2.05, 4.69) is 15.2 Å². The lowest BCUT2D eigenvalue weighted by atomic mass is 9.47. The predicted octanol–water partition coefficient (Wildman–Crippen LogP) is 3.87. The number of piperidine rings is 2. The molecule has 1 aromatic heterocycles. The zero-order chi connectivity index (χ0) is 39.8. The van der Waals surface area contributed by atoms with Gasteiger partial charge in [-0.05, 0) is 90.9 Å². The van der Waals surface area contributed by atoms with E-state index in [-0.39, 0.29) is 43.0 Å². The first-order valence-electron chi connectivity index (χ1n) is 21.3. The standard InChI is InChI=1S/C46H46N4O9/c51-29-10-8-25-16-31-45(55)18-27-28-19-46(56)32-17-26-9-11-30(52)39-35(26)44(46,13-15-50(32)33(53)20-47-42(54)57-22-24-4-2-1-3-5-24)41(59-39)37(28)48-36(27)40-43(45,34(25)38(29)58-40)12-14-49(31)21-23-6-7-23/h1-5,8-11,23,31-32,40-41,48,51-52,55-56H,6-7,12-22H2,(H,47,54)/t31-,32-,40+,41+,43+,44+,45-,46-/m1/s1. The van der Waals surface area contributed by atoms with Crippen molar-refractivity contribution in [1.82, 2.24) is 20.1 Å². The Labute approximate surface area is 339 Å². The summed E-state index contributed by atoms with van der Waals surface area (Å²) in [7, 11) is 0. The van der Waals surface area contributed by atoms with Crippen molar-refractivity contribution in [3.63, 3.8) is 0 Å². The highest BCUT2D eigenvalue weighted by Crippen LogP contribution is 2.72. The van der Waals surface area contributed by atoms with Gasteiger partial charge in [0, 0.05) is 43.1 Å². The molecule has 6 N–H and O–H groups in total. The molecule has 4 aromatic rings. The van der Waals surface area contributed by atoms with Crippen molar-refractivity contribution < 1.29 is 44.2 Å². The lowest BCUT2D eigenvalue weighted by Gasteiger charge is -2.63. The Hall–Kier alpha value is -5.24. The van der Waals surface area contributed by atoms with E-state index in [1.54, 1.807) is 17.0 Å². The van der Waals surface area contributed by atoms with Gasteiger partial charge in [0.1, 0.15) is 18.8 Å². The number of hydrogen-bond donors (Lipinski definition) is 6. The van der Waals surface area contributed by atoms with Crippen molar-refractivity contribution in [3.05, 3.63) is 105 Å². The number of ether oxygens (including phenoxy) is 3. The Morgan fingerprint density at radius 2 is 1.39 bits per heavy atom. The molecule has 5 aliphatic carbocycles. The predicted molar refractivity (Wildman–Crippen MR) is 209 cm³/mol. The van der Waals surface area contributed by atoms with E-state index < -0.39 is 46.4 Å². The average molecular weight is 799 g/mol. The summed E-state index contributed by atoms with van der Waals surface area (Å²) in [5.41, 5.74) is 3.42. The summed E-state index contributed by atoms with van der Waals surface area (Å²) in [5, 5.41) is 52.4. The van der Waals surface area contributed by atoms with Crippen LogP contribution in [-0.4, -0.2) is 96.7 Å². The fourth-order valence-corrected chi connectivity index (χ4v) is 13.7. The second-order valence-corrected chi connectivity index (χ2v) is 18.8. The minimum atomic E-state index is -1.53. The summed E-state index contributed by atoms with van der Waals surface area (Å²) in [6.07, 6.45) is 2.90. The number of aromatic amines is 1. The topological polar surface area (TPSA) is 177 Å². The Bertz CT molecular complexity index is 2540. The van der Waals surface area contributed by atoms with Crippen molar-refractivity contribution in [3.8, 4) is 23.0 Å². The molecule has 9 aliphatic rings. The molecule has 8 atom stereocenters. The summed E-state index contributed by atoms with van der Waals surface area (Å²) < 4.78 is 19.2. The SMILES string of the molecule is O=C(NCC(=O)N1CC[C@]23c4c5ccc(O)c4O[C@H]2c2[nH]c4c(c2C[C@@]3(O)[C@H]1C5)C[C@@]1(O)[C@H]2Cc3ccc(O)c5c3[C@@]1(CCN2CC1CC1)[C@H]4O5)OCc1ccccc1. The highest BCUT2D eigenvalue weighted by atomic mass is 16.5. The third-order valence-corrected chi connectivity index (χ3v) is 16.3. The molecule has 59 heavy (non-hydrogen) atoms. The molecule has 13 rings (SSSR count). The molecule has 2 saturated heterocycles. The Morgan fingerprint density at radius 1 is 0.797 bits per heavy atom. The fraction of sp³-hybridized carbons (Fsp3) is 0.478. The van der Waals surface area contributed by atoms with Crippen LogP contribution in [-0.2, 0) is 52.7 Å². The largest absolute Gasteiger partial charge is 0.504 e. The van der Waals surface area contributed by atoms with E-state index in [1.165, 1.54) is 12.8 Å². The maximum Gasteiger partial charge on any atom is 0.407 e. The van der Waals surface area contributed by atoms with Crippen molar-refractivity contribution in [1.29, 1.82) is 0 Å². The number of aliphatic hydroxyl groups is 2. The molecule has 0 unspecified atom stereocenters. The van der Waals surface area contributed by atoms with Crippen LogP contribution in [0.4, 0.5) is 4.79 Å². The smallest absolute Gasteiger partial charge is 0.407 e. The van der Waals surface area contributed by atoms with Gasteiger partial charge < -0.3 is 49.8 Å². The number of aromatic hydroxyl groups is 2. The maximum absolute atomic E-state index is 14.2. The van der Waals surface area contributed by atoms with Crippen LogP contribution >= 0.6 is 0 Å². The molecule has 5 heterocycles. The van der Waals surface area contributed by atoms with E-state index in [1.807, 2.05) is 42.5 Å². The van der Waals surface area contributed by atoms with E-state index in [0.29, 0.717) is 56.1 Å². The molecule has 3 aromatic carbocycles. The van der Waals surface area contributed by atoms with Crippen molar-refractivity contribution in [2.24, 2.45) is 5.92 Å². The molecule has 0 radical (unpaired) electrons. The van der Waals surface area contributed by atoms with Gasteiger partial charge in [-0.1, -0.05) is 42.5 Å². The summed E-state index contributed by atoms with van der Waals surface area (Å²) >= 11 is 0. The van der Waals surface area contributed by atoms with Crippen LogP contribution in [0, 0.1) is 5.92 Å². The number of amides is 2. The second kappa shape index (κ2) is 11.3. The van der Waals surface area contributed by atoms with Gasteiger partial charge in [0.15, 0.2) is 35.2 Å². The molecule has 13 nitrogen and oxygen atoms in total. The number of rotatable bonds is 6. The number of nitrogens with one attached hydrogen (secondary N) is 2. The normalized spacial score (nSPS) is 34.4. The molecule has 304 valence electrons. The van der Waals surface area contributed by atoms with Crippen LogP contribution in [0.1, 0.15) is 88.2 Å². The quantitative estimate of drug-likeness (QED) is 0.168. The van der Waals surface area contributed by atoms with E-state index >= 15 is 0 Å². The molecule has 4 bridgehead atoms. The number of phenolic OH excluding ortho intramolecular Hbond substituents is 2. The summed E-state index contributed by atoms with van der Waals surface area (Å²) in [5.74, 6) is 1.20. The number of phenols is 2. The highest BCUT2D eigenvalue weighted by molar-refractivity contribution is 5.83. The number of carbonyl (C=O) groups is 2. The number of likely N-dealkylation sites (tertiary alicyclic amines) is 2. The third kappa shape index (κ3) is 4.11. The van der Waals surface area contributed by atoms with Crippen molar-refractivity contribution in [2.45, 2.75) is 104 Å².